The van der Waals surface area contributed by atoms with E-state index in [4.69, 9.17) is 0 Å². The highest BCUT2D eigenvalue weighted by Crippen LogP contribution is 2.15. The number of rotatable bonds is 2. The van der Waals surface area contributed by atoms with Crippen LogP contribution < -0.4 is 0 Å². The molecule has 1 aliphatic carbocycles. The maximum atomic E-state index is 10.4. The van der Waals surface area contributed by atoms with Crippen LogP contribution in [0.3, 0.4) is 0 Å². The molecule has 0 aromatic carbocycles. The lowest BCUT2D eigenvalue weighted by molar-refractivity contribution is -0.482. The first-order valence-electron chi connectivity index (χ1n) is 7.86. The lowest BCUT2D eigenvalue weighted by atomic mass is 10.1. The normalized spacial score (nSPS) is 25.4. The van der Waals surface area contributed by atoms with Crippen LogP contribution >= 0.6 is 0 Å². The van der Waals surface area contributed by atoms with E-state index in [9.17, 15) is 5.11 Å². The number of allylic oxidation sites excluding steroid dienone is 6. The van der Waals surface area contributed by atoms with Gasteiger partial charge in [0.1, 0.15) is 0 Å². The van der Waals surface area contributed by atoms with Gasteiger partial charge in [0, 0.05) is 12.5 Å². The molecule has 2 aliphatic rings. The zero-order valence-corrected chi connectivity index (χ0v) is 12.5. The molecule has 1 heterocycles. The summed E-state index contributed by atoms with van der Waals surface area (Å²) in [6.07, 6.45) is 20.4. The maximum absolute atomic E-state index is 10.4. The Morgan fingerprint density at radius 2 is 1.90 bits per heavy atom. The van der Waals surface area contributed by atoms with Gasteiger partial charge in [-0.25, -0.2) is 0 Å². The second-order valence-corrected chi connectivity index (χ2v) is 5.41. The number of aliphatic hydroxyl groups is 1. The molecule has 2 nitrogen and oxygen atoms in total. The molecule has 0 aromatic rings. The molecule has 2 heteroatoms. The predicted molar refractivity (Wildman–Crippen MR) is 85.2 cm³/mol. The maximum Gasteiger partial charge on any atom is 0.343 e. The van der Waals surface area contributed by atoms with Gasteiger partial charge in [0.15, 0.2) is 6.54 Å². The zero-order chi connectivity index (χ0) is 14.2. The third-order valence-corrected chi connectivity index (χ3v) is 3.89. The van der Waals surface area contributed by atoms with Crippen molar-refractivity contribution in [3.05, 3.63) is 47.7 Å². The Bertz CT molecular complexity index is 478. The molecule has 0 saturated heterocycles. The summed E-state index contributed by atoms with van der Waals surface area (Å²) in [6, 6.07) is 0. The van der Waals surface area contributed by atoms with Crippen LogP contribution in [0.4, 0.5) is 0 Å². The summed E-state index contributed by atoms with van der Waals surface area (Å²) in [5.74, 6) is 0.476. The van der Waals surface area contributed by atoms with Crippen molar-refractivity contribution in [2.75, 3.05) is 6.54 Å². The summed E-state index contributed by atoms with van der Waals surface area (Å²) in [4.78, 5) is 0. The first-order chi connectivity index (χ1) is 9.81. The van der Waals surface area contributed by atoms with E-state index in [1.54, 1.807) is 0 Å². The molecule has 0 atom stereocenters. The SMILES string of the molecule is CCC1=C/CC(O)=[N+](C2=CCCC=C2)CCCC/C=C\1. The molecule has 0 radical (unpaired) electrons. The van der Waals surface area contributed by atoms with Gasteiger partial charge in [0.05, 0.1) is 6.42 Å². The molecule has 1 aliphatic heterocycles. The minimum absolute atomic E-state index is 0.476. The van der Waals surface area contributed by atoms with Crippen molar-refractivity contribution in [3.63, 3.8) is 0 Å². The van der Waals surface area contributed by atoms with E-state index in [1.165, 1.54) is 12.0 Å². The Hall–Kier alpha value is -1.57. The summed E-state index contributed by atoms with van der Waals surface area (Å²) < 4.78 is 2.09. The van der Waals surface area contributed by atoms with Gasteiger partial charge in [-0.2, -0.15) is 4.58 Å². The molecule has 0 bridgehead atoms. The highest BCUT2D eigenvalue weighted by atomic mass is 16.3. The van der Waals surface area contributed by atoms with Gasteiger partial charge in [-0.3, -0.25) is 0 Å². The minimum atomic E-state index is 0.476. The van der Waals surface area contributed by atoms with Crippen LogP contribution in [0.1, 0.15) is 51.9 Å². The smallest absolute Gasteiger partial charge is 0.343 e. The van der Waals surface area contributed by atoms with E-state index in [2.05, 4.69) is 48.0 Å². The first-order valence-corrected chi connectivity index (χ1v) is 7.86. The van der Waals surface area contributed by atoms with E-state index in [1.807, 2.05) is 0 Å². The molecule has 0 aromatic heterocycles. The van der Waals surface area contributed by atoms with E-state index >= 15 is 0 Å². The number of aliphatic hydroxyl groups excluding tert-OH is 1. The summed E-state index contributed by atoms with van der Waals surface area (Å²) in [7, 11) is 0. The van der Waals surface area contributed by atoms with Crippen molar-refractivity contribution in [3.8, 4) is 0 Å². The second kappa shape index (κ2) is 7.88. The monoisotopic (exact) mass is 272 g/mol. The molecule has 0 amide bonds. The van der Waals surface area contributed by atoms with Gasteiger partial charge < -0.3 is 5.11 Å². The van der Waals surface area contributed by atoms with Gasteiger partial charge in [-0.1, -0.05) is 36.8 Å². The van der Waals surface area contributed by atoms with Crippen molar-refractivity contribution >= 4 is 5.90 Å². The molecule has 0 unspecified atom stereocenters. The molecule has 1 N–H and O–H groups in total. The van der Waals surface area contributed by atoms with Crippen molar-refractivity contribution in [2.45, 2.75) is 51.9 Å². The molecular formula is C18H26NO+. The molecule has 0 fully saturated rings. The van der Waals surface area contributed by atoms with Crippen LogP contribution in [0.5, 0.6) is 0 Å². The number of nitrogens with zero attached hydrogens (tertiary/aromatic N) is 1. The third kappa shape index (κ3) is 4.22. The van der Waals surface area contributed by atoms with Crippen molar-refractivity contribution in [2.24, 2.45) is 0 Å². The minimum Gasteiger partial charge on any atom is -0.463 e. The second-order valence-electron chi connectivity index (χ2n) is 5.41. The van der Waals surface area contributed by atoms with E-state index in [-0.39, 0.29) is 0 Å². The summed E-state index contributed by atoms with van der Waals surface area (Å²) in [5.41, 5.74) is 2.47. The quantitative estimate of drug-likeness (QED) is 0.726. The van der Waals surface area contributed by atoms with Crippen molar-refractivity contribution < 1.29 is 9.68 Å². The van der Waals surface area contributed by atoms with Crippen molar-refractivity contribution in [1.29, 1.82) is 0 Å². The number of hydrogen-bond acceptors (Lipinski definition) is 0. The molecular weight excluding hydrogens is 246 g/mol. The Morgan fingerprint density at radius 1 is 1.05 bits per heavy atom. The van der Waals surface area contributed by atoms with Gasteiger partial charge in [0.2, 0.25) is 5.70 Å². The Balaban J connectivity index is 2.24. The molecule has 20 heavy (non-hydrogen) atoms. The fraction of sp³-hybridized carbons (Fsp3) is 0.500. The zero-order valence-electron chi connectivity index (χ0n) is 12.5. The van der Waals surface area contributed by atoms with Gasteiger partial charge in [-0.15, -0.1) is 0 Å². The van der Waals surface area contributed by atoms with Gasteiger partial charge >= 0.3 is 5.90 Å². The van der Waals surface area contributed by atoms with E-state index in [0.29, 0.717) is 12.3 Å². The Kier molecular flexibility index (Phi) is 5.85. The average molecular weight is 272 g/mol. The summed E-state index contributed by atoms with van der Waals surface area (Å²) in [5, 5.41) is 10.4. The third-order valence-electron chi connectivity index (χ3n) is 3.89. The largest absolute Gasteiger partial charge is 0.463 e. The Morgan fingerprint density at radius 3 is 2.65 bits per heavy atom. The van der Waals surface area contributed by atoms with Gasteiger partial charge in [0.25, 0.3) is 0 Å². The fourth-order valence-corrected chi connectivity index (χ4v) is 2.64. The molecule has 2 rings (SSSR count). The van der Waals surface area contributed by atoms with Crippen LogP contribution in [0.25, 0.3) is 0 Å². The topological polar surface area (TPSA) is 23.2 Å². The predicted octanol–water partition coefficient (Wildman–Crippen LogP) is 4.66. The Labute approximate surface area is 122 Å². The molecule has 108 valence electrons. The van der Waals surface area contributed by atoms with Crippen molar-refractivity contribution in [1.82, 2.24) is 0 Å². The van der Waals surface area contributed by atoms with E-state index < -0.39 is 0 Å². The van der Waals surface area contributed by atoms with Gasteiger partial charge in [-0.05, 0) is 38.2 Å². The molecule has 0 saturated carbocycles. The lowest BCUT2D eigenvalue weighted by Gasteiger charge is -2.08. The lowest BCUT2D eigenvalue weighted by Crippen LogP contribution is -2.22. The first kappa shape index (κ1) is 14.8. The fourth-order valence-electron chi connectivity index (χ4n) is 2.64. The van der Waals surface area contributed by atoms with Crippen LogP contribution in [-0.4, -0.2) is 22.1 Å². The van der Waals surface area contributed by atoms with Crippen LogP contribution in [0, 0.1) is 0 Å². The van der Waals surface area contributed by atoms with Crippen LogP contribution in [-0.2, 0) is 0 Å². The number of hydrogen-bond donors (Lipinski definition) is 1. The van der Waals surface area contributed by atoms with Crippen LogP contribution in [0.2, 0.25) is 0 Å². The summed E-state index contributed by atoms with van der Waals surface area (Å²) in [6.45, 7) is 3.07. The highest BCUT2D eigenvalue weighted by molar-refractivity contribution is 5.71. The average Bonchev–Trinajstić information content (AvgIpc) is 2.53. The highest BCUT2D eigenvalue weighted by Gasteiger charge is 2.18. The van der Waals surface area contributed by atoms with E-state index in [0.717, 1.165) is 44.3 Å². The molecule has 0 spiro atoms. The standard InChI is InChI=1S/C18H25NO/c1-2-16-10-6-3-4-9-15-19(18(20)14-13-16)17-11-7-5-8-12-17/h6-7,10-13H,2-5,8-9,14-15H2,1H3/p+1/b10-6-,16-13-. The summed E-state index contributed by atoms with van der Waals surface area (Å²) >= 11 is 0. The van der Waals surface area contributed by atoms with Crippen LogP contribution in [0.15, 0.2) is 47.7 Å².